The molecule has 166 valence electrons. The average Bonchev–Trinajstić information content (AvgIpc) is 2.64. The van der Waals surface area contributed by atoms with Crippen LogP contribution in [0.15, 0.2) is 42.5 Å². The topological polar surface area (TPSA) is 87.7 Å². The van der Waals surface area contributed by atoms with Crippen LogP contribution in [0, 0.1) is 0 Å². The number of ether oxygens (including phenoxy) is 1. The third-order valence-electron chi connectivity index (χ3n) is 5.46. The number of carbonyl (C=O) groups is 2. The fraction of sp³-hybridized carbons (Fsp3) is 0.308. The fourth-order valence-electron chi connectivity index (χ4n) is 4.08. The van der Waals surface area contributed by atoms with Gasteiger partial charge in [0, 0.05) is 16.2 Å². The predicted octanol–water partition coefficient (Wildman–Crippen LogP) is 7.32. The number of nitrogens with one attached hydrogen (secondary N) is 2. The van der Waals surface area contributed by atoms with Gasteiger partial charge in [-0.05, 0) is 54.0 Å². The summed E-state index contributed by atoms with van der Waals surface area (Å²) < 4.78 is 5.42. The first-order valence-electron chi connectivity index (χ1n) is 10.6. The van der Waals surface area contributed by atoms with Gasteiger partial charge in [0.2, 0.25) is 0 Å². The highest BCUT2D eigenvalue weighted by molar-refractivity contribution is 6.29. The van der Waals surface area contributed by atoms with Crippen molar-refractivity contribution in [2.75, 3.05) is 10.6 Å². The lowest BCUT2D eigenvalue weighted by Crippen LogP contribution is -2.27. The number of rotatable bonds is 2. The van der Waals surface area contributed by atoms with Crippen LogP contribution in [0.4, 0.5) is 21.0 Å². The van der Waals surface area contributed by atoms with Crippen molar-refractivity contribution in [1.29, 1.82) is 0 Å². The predicted molar refractivity (Wildman–Crippen MR) is 130 cm³/mol. The van der Waals surface area contributed by atoms with Crippen LogP contribution in [-0.4, -0.2) is 22.9 Å². The highest BCUT2D eigenvalue weighted by Crippen LogP contribution is 2.43. The minimum Gasteiger partial charge on any atom is -0.465 e. The summed E-state index contributed by atoms with van der Waals surface area (Å²) in [5, 5.41) is 20.4. The van der Waals surface area contributed by atoms with Crippen LogP contribution in [0.5, 0.6) is 0 Å². The zero-order chi connectivity index (χ0) is 23.4. The maximum Gasteiger partial charge on any atom is 0.412 e. The van der Waals surface area contributed by atoms with E-state index in [2.05, 4.69) is 43.5 Å². The second kappa shape index (κ2) is 7.26. The van der Waals surface area contributed by atoms with Gasteiger partial charge in [0.1, 0.15) is 5.60 Å². The van der Waals surface area contributed by atoms with E-state index in [-0.39, 0.29) is 5.41 Å². The molecule has 32 heavy (non-hydrogen) atoms. The molecule has 0 fully saturated rings. The number of benzene rings is 4. The SMILES string of the molecule is CC(C)(C)OC(=O)Nc1cc(NC(=O)O)c2ccc3cc(C(C)(C)C)cc4ccc1c2c34. The molecule has 4 aromatic carbocycles. The zero-order valence-corrected chi connectivity index (χ0v) is 19.2. The van der Waals surface area contributed by atoms with Crippen LogP contribution in [0.1, 0.15) is 47.1 Å². The lowest BCUT2D eigenvalue weighted by Gasteiger charge is -2.23. The fourth-order valence-corrected chi connectivity index (χ4v) is 4.08. The highest BCUT2D eigenvalue weighted by atomic mass is 16.6. The summed E-state index contributed by atoms with van der Waals surface area (Å²) in [5.41, 5.74) is 1.46. The molecule has 3 N–H and O–H groups in total. The zero-order valence-electron chi connectivity index (χ0n) is 19.2. The lowest BCUT2D eigenvalue weighted by molar-refractivity contribution is 0.0636. The van der Waals surface area contributed by atoms with Crippen molar-refractivity contribution in [2.24, 2.45) is 0 Å². The van der Waals surface area contributed by atoms with Crippen molar-refractivity contribution in [3.8, 4) is 0 Å². The monoisotopic (exact) mass is 432 g/mol. The Kier molecular flexibility index (Phi) is 4.92. The van der Waals surface area contributed by atoms with Gasteiger partial charge < -0.3 is 9.84 Å². The van der Waals surface area contributed by atoms with Crippen molar-refractivity contribution < 1.29 is 19.4 Å². The van der Waals surface area contributed by atoms with Gasteiger partial charge in [-0.1, -0.05) is 57.2 Å². The number of amides is 2. The molecule has 0 unspecified atom stereocenters. The standard InChI is InChI=1S/C26H28N2O4/c1-25(2,3)16-11-14-7-9-17-19(27-23(29)30)13-20(28-24(31)32-26(4,5)6)18-10-8-15(12-16)21(14)22(17)18/h7-13,27H,1-6H3,(H,28,31)(H,29,30). The van der Waals surface area contributed by atoms with Gasteiger partial charge in [-0.2, -0.15) is 0 Å². The first kappa shape index (κ1) is 21.7. The van der Waals surface area contributed by atoms with Crippen molar-refractivity contribution in [3.05, 3.63) is 48.0 Å². The number of carboxylic acid groups (broad SMARTS) is 1. The highest BCUT2D eigenvalue weighted by Gasteiger charge is 2.21. The minimum absolute atomic E-state index is 0.0100. The van der Waals surface area contributed by atoms with Crippen molar-refractivity contribution >= 4 is 55.9 Å². The molecule has 6 nitrogen and oxygen atoms in total. The second-order valence-corrected chi connectivity index (χ2v) is 10.2. The van der Waals surface area contributed by atoms with Gasteiger partial charge in [0.25, 0.3) is 0 Å². The van der Waals surface area contributed by atoms with Crippen LogP contribution in [0.2, 0.25) is 0 Å². The Hall–Kier alpha value is -3.54. The molecule has 2 amide bonds. The van der Waals surface area contributed by atoms with E-state index >= 15 is 0 Å². The van der Waals surface area contributed by atoms with Crippen LogP contribution >= 0.6 is 0 Å². The van der Waals surface area contributed by atoms with E-state index < -0.39 is 17.8 Å². The van der Waals surface area contributed by atoms with Crippen LogP contribution < -0.4 is 10.6 Å². The van der Waals surface area contributed by atoms with Gasteiger partial charge >= 0.3 is 12.2 Å². The molecule has 0 aromatic heterocycles. The molecule has 0 atom stereocenters. The number of anilines is 2. The molecule has 0 aliphatic carbocycles. The number of hydrogen-bond acceptors (Lipinski definition) is 3. The molecular weight excluding hydrogens is 404 g/mol. The summed E-state index contributed by atoms with van der Waals surface area (Å²) in [7, 11) is 0. The van der Waals surface area contributed by atoms with E-state index in [4.69, 9.17) is 4.74 Å². The maximum atomic E-state index is 12.5. The first-order chi connectivity index (χ1) is 14.8. The first-order valence-corrected chi connectivity index (χ1v) is 10.6. The summed E-state index contributed by atoms with van der Waals surface area (Å²) in [6.45, 7) is 11.9. The molecule has 0 bridgehead atoms. The average molecular weight is 433 g/mol. The van der Waals surface area contributed by atoms with Crippen LogP contribution in [0.3, 0.4) is 0 Å². The second-order valence-electron chi connectivity index (χ2n) is 10.2. The Labute approximate surface area is 186 Å². The Morgan fingerprint density at radius 1 is 0.781 bits per heavy atom. The molecule has 0 aliphatic rings. The number of hydrogen-bond donors (Lipinski definition) is 3. The molecule has 4 rings (SSSR count). The van der Waals surface area contributed by atoms with Gasteiger partial charge in [0.05, 0.1) is 11.4 Å². The Balaban J connectivity index is 2.01. The third kappa shape index (κ3) is 4.00. The summed E-state index contributed by atoms with van der Waals surface area (Å²) in [6.07, 6.45) is -1.76. The quantitative estimate of drug-likeness (QED) is 0.290. The van der Waals surface area contributed by atoms with E-state index in [1.807, 2.05) is 24.3 Å². The lowest BCUT2D eigenvalue weighted by atomic mass is 9.83. The normalized spacial score (nSPS) is 12.4. The summed E-state index contributed by atoms with van der Waals surface area (Å²) >= 11 is 0. The molecule has 0 aliphatic heterocycles. The summed E-state index contributed by atoms with van der Waals surface area (Å²) in [4.78, 5) is 24.0. The Morgan fingerprint density at radius 3 is 1.78 bits per heavy atom. The van der Waals surface area contributed by atoms with Gasteiger partial charge in [0.15, 0.2) is 0 Å². The van der Waals surface area contributed by atoms with Crippen LogP contribution in [-0.2, 0) is 10.2 Å². The summed E-state index contributed by atoms with van der Waals surface area (Å²) in [5.74, 6) is 0. The third-order valence-corrected chi connectivity index (χ3v) is 5.46. The largest absolute Gasteiger partial charge is 0.465 e. The molecule has 0 saturated heterocycles. The smallest absolute Gasteiger partial charge is 0.412 e. The minimum atomic E-state index is -1.17. The van der Waals surface area contributed by atoms with Gasteiger partial charge in [-0.3, -0.25) is 10.6 Å². The van der Waals surface area contributed by atoms with Gasteiger partial charge in [-0.15, -0.1) is 0 Å². The molecular formula is C26H28N2O4. The molecule has 4 aromatic rings. The molecule has 6 heteroatoms. The van der Waals surface area contributed by atoms with Gasteiger partial charge in [-0.25, -0.2) is 9.59 Å². The molecule has 0 saturated carbocycles. The van der Waals surface area contributed by atoms with E-state index in [0.29, 0.717) is 11.4 Å². The van der Waals surface area contributed by atoms with Crippen molar-refractivity contribution in [1.82, 2.24) is 0 Å². The van der Waals surface area contributed by atoms with Crippen molar-refractivity contribution in [3.63, 3.8) is 0 Å². The Bertz CT molecular complexity index is 1340. The molecule has 0 spiro atoms. The van der Waals surface area contributed by atoms with Crippen LogP contribution in [0.25, 0.3) is 32.3 Å². The van der Waals surface area contributed by atoms with Crippen molar-refractivity contribution in [2.45, 2.75) is 52.6 Å². The van der Waals surface area contributed by atoms with E-state index in [1.165, 1.54) is 5.56 Å². The Morgan fingerprint density at radius 2 is 1.31 bits per heavy atom. The molecule has 0 radical (unpaired) electrons. The number of carbonyl (C=O) groups excluding carboxylic acids is 1. The van der Waals surface area contributed by atoms with E-state index in [1.54, 1.807) is 26.8 Å². The molecule has 0 heterocycles. The summed E-state index contributed by atoms with van der Waals surface area (Å²) in [6, 6.07) is 14.0. The maximum absolute atomic E-state index is 12.5. The van der Waals surface area contributed by atoms with E-state index in [9.17, 15) is 14.7 Å². The van der Waals surface area contributed by atoms with E-state index in [0.717, 1.165) is 32.3 Å².